The van der Waals surface area contributed by atoms with Crippen LogP contribution in [0.25, 0.3) is 0 Å². The summed E-state index contributed by atoms with van der Waals surface area (Å²) in [6.07, 6.45) is 0. The lowest BCUT2D eigenvalue weighted by atomic mass is 9.85. The van der Waals surface area contributed by atoms with E-state index < -0.39 is 6.04 Å². The monoisotopic (exact) mass is 289 g/mol. The molecule has 4 heteroatoms. The van der Waals surface area contributed by atoms with Gasteiger partial charge in [0.05, 0.1) is 6.04 Å². The van der Waals surface area contributed by atoms with E-state index >= 15 is 0 Å². The van der Waals surface area contributed by atoms with Crippen molar-refractivity contribution in [2.75, 3.05) is 13.1 Å². The molecule has 1 aliphatic heterocycles. The Morgan fingerprint density at radius 3 is 2.38 bits per heavy atom. The Balaban J connectivity index is 1.94. The van der Waals surface area contributed by atoms with Gasteiger partial charge in [-0.25, -0.2) is 0 Å². The van der Waals surface area contributed by atoms with Gasteiger partial charge in [0.15, 0.2) is 0 Å². The number of amides is 1. The highest BCUT2D eigenvalue weighted by Gasteiger charge is 2.33. The summed E-state index contributed by atoms with van der Waals surface area (Å²) in [5, 5.41) is 3.11. The molecule has 1 aromatic rings. The lowest BCUT2D eigenvalue weighted by Crippen LogP contribution is -2.56. The van der Waals surface area contributed by atoms with Crippen LogP contribution in [0, 0.1) is 11.8 Å². The normalized spacial score (nSPS) is 28.1. The van der Waals surface area contributed by atoms with Crippen LogP contribution >= 0.6 is 0 Å². The fraction of sp³-hybridized carbons (Fsp3) is 0.588. The van der Waals surface area contributed by atoms with Crippen molar-refractivity contribution in [3.63, 3.8) is 0 Å². The number of hydrogen-bond donors (Lipinski definition) is 2. The molecule has 3 N–H and O–H groups in total. The standard InChI is InChI=1S/C17H27N3O/c1-12-9-20(11-15-7-5-4-6-8-15)10-13(2)16(12)19-17(21)14(3)18/h4-8,12-14,16H,9-11,18H2,1-3H3,(H,19,21). The highest BCUT2D eigenvalue weighted by atomic mass is 16.2. The molecular weight excluding hydrogens is 262 g/mol. The fourth-order valence-electron chi connectivity index (χ4n) is 3.23. The molecule has 1 aromatic carbocycles. The van der Waals surface area contributed by atoms with Crippen LogP contribution in [0.1, 0.15) is 26.3 Å². The lowest BCUT2D eigenvalue weighted by Gasteiger charge is -2.42. The van der Waals surface area contributed by atoms with E-state index in [1.54, 1.807) is 6.92 Å². The van der Waals surface area contributed by atoms with Gasteiger partial charge in [0.2, 0.25) is 5.91 Å². The Labute approximate surface area is 127 Å². The zero-order valence-corrected chi connectivity index (χ0v) is 13.3. The van der Waals surface area contributed by atoms with Crippen LogP contribution in [0.15, 0.2) is 30.3 Å². The van der Waals surface area contributed by atoms with Gasteiger partial charge in [-0.3, -0.25) is 9.69 Å². The second kappa shape index (κ2) is 7.05. The average Bonchev–Trinajstić information content (AvgIpc) is 2.43. The molecule has 1 saturated heterocycles. The number of carbonyl (C=O) groups excluding carboxylic acids is 1. The van der Waals surface area contributed by atoms with E-state index in [-0.39, 0.29) is 11.9 Å². The molecule has 4 nitrogen and oxygen atoms in total. The predicted octanol–water partition coefficient (Wildman–Crippen LogP) is 1.61. The zero-order chi connectivity index (χ0) is 15.4. The predicted molar refractivity (Wildman–Crippen MR) is 85.6 cm³/mol. The fourth-order valence-corrected chi connectivity index (χ4v) is 3.23. The number of likely N-dealkylation sites (tertiary alicyclic amines) is 1. The molecule has 1 fully saturated rings. The van der Waals surface area contributed by atoms with Gasteiger partial charge in [0, 0.05) is 25.7 Å². The van der Waals surface area contributed by atoms with Crippen molar-refractivity contribution in [2.45, 2.75) is 39.4 Å². The van der Waals surface area contributed by atoms with E-state index in [1.165, 1.54) is 5.56 Å². The molecule has 3 unspecified atom stereocenters. The summed E-state index contributed by atoms with van der Waals surface area (Å²) in [5.74, 6) is 0.815. The Kier molecular flexibility index (Phi) is 5.37. The molecule has 2 rings (SSSR count). The van der Waals surface area contributed by atoms with Gasteiger partial charge in [-0.1, -0.05) is 44.2 Å². The van der Waals surface area contributed by atoms with Crippen LogP contribution in [0.4, 0.5) is 0 Å². The molecule has 0 bridgehead atoms. The van der Waals surface area contributed by atoms with Crippen molar-refractivity contribution in [1.29, 1.82) is 0 Å². The maximum atomic E-state index is 11.8. The van der Waals surface area contributed by atoms with Crippen LogP contribution in [0.3, 0.4) is 0 Å². The number of nitrogens with two attached hydrogens (primary N) is 1. The molecular formula is C17H27N3O. The van der Waals surface area contributed by atoms with Crippen LogP contribution in [-0.2, 0) is 11.3 Å². The second-order valence-electron chi connectivity index (χ2n) is 6.46. The van der Waals surface area contributed by atoms with E-state index in [9.17, 15) is 4.79 Å². The van der Waals surface area contributed by atoms with E-state index in [0.717, 1.165) is 19.6 Å². The van der Waals surface area contributed by atoms with Crippen molar-refractivity contribution in [3.8, 4) is 0 Å². The Morgan fingerprint density at radius 1 is 1.29 bits per heavy atom. The second-order valence-corrected chi connectivity index (χ2v) is 6.46. The Hall–Kier alpha value is -1.39. The smallest absolute Gasteiger partial charge is 0.236 e. The minimum absolute atomic E-state index is 0.0461. The van der Waals surface area contributed by atoms with Crippen LogP contribution in [0.5, 0.6) is 0 Å². The third-order valence-corrected chi connectivity index (χ3v) is 4.29. The van der Waals surface area contributed by atoms with Gasteiger partial charge in [0.1, 0.15) is 0 Å². The number of rotatable bonds is 4. The van der Waals surface area contributed by atoms with Crippen molar-refractivity contribution < 1.29 is 4.79 Å². The molecule has 116 valence electrons. The quantitative estimate of drug-likeness (QED) is 0.885. The van der Waals surface area contributed by atoms with Crippen molar-refractivity contribution in [2.24, 2.45) is 17.6 Å². The third-order valence-electron chi connectivity index (χ3n) is 4.29. The molecule has 1 amide bonds. The maximum Gasteiger partial charge on any atom is 0.236 e. The van der Waals surface area contributed by atoms with Gasteiger partial charge in [-0.2, -0.15) is 0 Å². The highest BCUT2D eigenvalue weighted by Crippen LogP contribution is 2.23. The summed E-state index contributed by atoms with van der Waals surface area (Å²) in [6, 6.07) is 10.3. The van der Waals surface area contributed by atoms with E-state index in [1.807, 2.05) is 6.07 Å². The number of nitrogens with zero attached hydrogens (tertiary/aromatic N) is 1. The van der Waals surface area contributed by atoms with Gasteiger partial charge >= 0.3 is 0 Å². The summed E-state index contributed by atoms with van der Waals surface area (Å²) < 4.78 is 0. The van der Waals surface area contributed by atoms with Crippen LogP contribution < -0.4 is 11.1 Å². The van der Waals surface area contributed by atoms with Gasteiger partial charge < -0.3 is 11.1 Å². The SMILES string of the molecule is CC(N)C(=O)NC1C(C)CN(Cc2ccccc2)CC1C. The van der Waals surface area contributed by atoms with Crippen molar-refractivity contribution in [1.82, 2.24) is 10.2 Å². The molecule has 0 spiro atoms. The molecule has 0 radical (unpaired) electrons. The first-order valence-electron chi connectivity index (χ1n) is 7.79. The topological polar surface area (TPSA) is 58.4 Å². The first-order valence-corrected chi connectivity index (χ1v) is 7.79. The number of nitrogens with one attached hydrogen (secondary N) is 1. The number of carbonyl (C=O) groups is 1. The molecule has 1 heterocycles. The van der Waals surface area contributed by atoms with Crippen LogP contribution in [0.2, 0.25) is 0 Å². The number of hydrogen-bond acceptors (Lipinski definition) is 3. The van der Waals surface area contributed by atoms with Crippen molar-refractivity contribution >= 4 is 5.91 Å². The first-order chi connectivity index (χ1) is 9.97. The minimum atomic E-state index is -0.438. The molecule has 0 aromatic heterocycles. The highest BCUT2D eigenvalue weighted by molar-refractivity contribution is 5.81. The molecule has 1 aliphatic rings. The zero-order valence-electron chi connectivity index (χ0n) is 13.3. The number of piperidine rings is 1. The van der Waals surface area contributed by atoms with E-state index in [2.05, 4.69) is 48.3 Å². The maximum absolute atomic E-state index is 11.8. The van der Waals surface area contributed by atoms with E-state index in [0.29, 0.717) is 11.8 Å². The van der Waals surface area contributed by atoms with Gasteiger partial charge in [-0.15, -0.1) is 0 Å². The van der Waals surface area contributed by atoms with Crippen LogP contribution in [-0.4, -0.2) is 36.0 Å². The summed E-state index contributed by atoms with van der Waals surface area (Å²) in [4.78, 5) is 14.3. The number of benzene rings is 1. The Morgan fingerprint density at radius 2 is 1.86 bits per heavy atom. The largest absolute Gasteiger partial charge is 0.351 e. The Bertz CT molecular complexity index is 448. The summed E-state index contributed by atoms with van der Waals surface area (Å²) in [6.45, 7) is 9.13. The third kappa shape index (κ3) is 4.29. The average molecular weight is 289 g/mol. The first kappa shape index (κ1) is 16.0. The minimum Gasteiger partial charge on any atom is -0.351 e. The molecule has 0 aliphatic carbocycles. The van der Waals surface area contributed by atoms with Gasteiger partial charge in [0.25, 0.3) is 0 Å². The lowest BCUT2D eigenvalue weighted by molar-refractivity contribution is -0.124. The van der Waals surface area contributed by atoms with Crippen molar-refractivity contribution in [3.05, 3.63) is 35.9 Å². The van der Waals surface area contributed by atoms with Gasteiger partial charge in [-0.05, 0) is 24.3 Å². The summed E-state index contributed by atoms with van der Waals surface area (Å²) in [5.41, 5.74) is 6.99. The molecule has 21 heavy (non-hydrogen) atoms. The molecule has 3 atom stereocenters. The van der Waals surface area contributed by atoms with E-state index in [4.69, 9.17) is 5.73 Å². The summed E-state index contributed by atoms with van der Waals surface area (Å²) >= 11 is 0. The summed E-state index contributed by atoms with van der Waals surface area (Å²) in [7, 11) is 0. The molecule has 0 saturated carbocycles.